The zero-order chi connectivity index (χ0) is 7.44. The van der Waals surface area contributed by atoms with E-state index in [1.165, 1.54) is 6.92 Å². The SMILES string of the molecule is CCC(Cl)=C(C)C(=O)O. The van der Waals surface area contributed by atoms with Gasteiger partial charge in [-0.05, 0) is 13.3 Å². The summed E-state index contributed by atoms with van der Waals surface area (Å²) < 4.78 is 0. The summed E-state index contributed by atoms with van der Waals surface area (Å²) in [5.74, 6) is -0.943. The van der Waals surface area contributed by atoms with Gasteiger partial charge < -0.3 is 5.11 Å². The summed E-state index contributed by atoms with van der Waals surface area (Å²) in [4.78, 5) is 10.2. The topological polar surface area (TPSA) is 37.3 Å². The Labute approximate surface area is 59.1 Å². The molecule has 0 bridgehead atoms. The first kappa shape index (κ1) is 8.50. The van der Waals surface area contributed by atoms with Gasteiger partial charge in [-0.3, -0.25) is 0 Å². The van der Waals surface area contributed by atoms with E-state index in [-0.39, 0.29) is 5.57 Å². The highest BCUT2D eigenvalue weighted by atomic mass is 35.5. The second-order valence-corrected chi connectivity index (χ2v) is 2.14. The van der Waals surface area contributed by atoms with Crippen LogP contribution in [0.5, 0.6) is 0 Å². The predicted molar refractivity (Wildman–Crippen MR) is 36.5 cm³/mol. The molecular formula is C6H9ClO2. The van der Waals surface area contributed by atoms with Crippen molar-refractivity contribution in [3.63, 3.8) is 0 Å². The third-order valence-electron chi connectivity index (χ3n) is 1.04. The van der Waals surface area contributed by atoms with E-state index in [1.807, 2.05) is 6.92 Å². The quantitative estimate of drug-likeness (QED) is 0.609. The lowest BCUT2D eigenvalue weighted by atomic mass is 10.2. The number of hydrogen-bond donors (Lipinski definition) is 1. The van der Waals surface area contributed by atoms with Crippen molar-refractivity contribution in [3.8, 4) is 0 Å². The Kier molecular flexibility index (Phi) is 3.32. The number of allylic oxidation sites excluding steroid dienone is 1. The maximum Gasteiger partial charge on any atom is 0.332 e. The summed E-state index contributed by atoms with van der Waals surface area (Å²) in [5.41, 5.74) is 0.235. The van der Waals surface area contributed by atoms with Crippen molar-refractivity contribution in [1.29, 1.82) is 0 Å². The molecule has 0 heterocycles. The zero-order valence-corrected chi connectivity index (χ0v) is 6.20. The van der Waals surface area contributed by atoms with Gasteiger partial charge in [0, 0.05) is 10.6 Å². The van der Waals surface area contributed by atoms with E-state index >= 15 is 0 Å². The summed E-state index contributed by atoms with van der Waals surface area (Å²) in [6, 6.07) is 0. The molecule has 0 rings (SSSR count). The van der Waals surface area contributed by atoms with Crippen LogP contribution in [-0.2, 0) is 4.79 Å². The lowest BCUT2D eigenvalue weighted by molar-refractivity contribution is -0.132. The van der Waals surface area contributed by atoms with Gasteiger partial charge in [-0.15, -0.1) is 0 Å². The molecule has 0 saturated heterocycles. The van der Waals surface area contributed by atoms with E-state index in [2.05, 4.69) is 0 Å². The fourth-order valence-corrected chi connectivity index (χ4v) is 0.462. The van der Waals surface area contributed by atoms with Crippen LogP contribution < -0.4 is 0 Å². The fraction of sp³-hybridized carbons (Fsp3) is 0.500. The second-order valence-electron chi connectivity index (χ2n) is 1.69. The van der Waals surface area contributed by atoms with Crippen molar-refractivity contribution in [2.24, 2.45) is 0 Å². The van der Waals surface area contributed by atoms with Crippen LogP contribution in [0.25, 0.3) is 0 Å². The molecular weight excluding hydrogens is 140 g/mol. The summed E-state index contributed by atoms with van der Waals surface area (Å²) in [6.07, 6.45) is 0.583. The first-order chi connectivity index (χ1) is 4.09. The van der Waals surface area contributed by atoms with Gasteiger partial charge in [-0.1, -0.05) is 18.5 Å². The number of halogens is 1. The van der Waals surface area contributed by atoms with Crippen molar-refractivity contribution >= 4 is 17.6 Å². The molecule has 1 N–H and O–H groups in total. The first-order valence-corrected chi connectivity index (χ1v) is 3.06. The van der Waals surface area contributed by atoms with Crippen LogP contribution in [0.4, 0.5) is 0 Å². The molecule has 0 atom stereocenters. The van der Waals surface area contributed by atoms with Crippen molar-refractivity contribution in [1.82, 2.24) is 0 Å². The van der Waals surface area contributed by atoms with E-state index < -0.39 is 5.97 Å². The second kappa shape index (κ2) is 3.51. The minimum absolute atomic E-state index is 0.235. The molecule has 2 nitrogen and oxygen atoms in total. The van der Waals surface area contributed by atoms with Crippen LogP contribution in [0.2, 0.25) is 0 Å². The Morgan fingerprint density at radius 2 is 2.11 bits per heavy atom. The van der Waals surface area contributed by atoms with Gasteiger partial charge >= 0.3 is 5.97 Å². The van der Waals surface area contributed by atoms with Gasteiger partial charge in [0.05, 0.1) is 0 Å². The molecule has 0 aromatic rings. The van der Waals surface area contributed by atoms with E-state index in [0.29, 0.717) is 11.5 Å². The maximum atomic E-state index is 10.2. The highest BCUT2D eigenvalue weighted by Gasteiger charge is 2.03. The van der Waals surface area contributed by atoms with Crippen LogP contribution >= 0.6 is 11.6 Å². The molecule has 0 saturated carbocycles. The Bertz CT molecular complexity index is 149. The van der Waals surface area contributed by atoms with Crippen LogP contribution in [0.3, 0.4) is 0 Å². The van der Waals surface area contributed by atoms with Gasteiger partial charge in [0.15, 0.2) is 0 Å². The van der Waals surface area contributed by atoms with Crippen LogP contribution in [0.15, 0.2) is 10.6 Å². The van der Waals surface area contributed by atoms with Gasteiger partial charge in [-0.25, -0.2) is 4.79 Å². The molecule has 0 spiro atoms. The molecule has 0 aromatic heterocycles. The minimum Gasteiger partial charge on any atom is -0.478 e. The predicted octanol–water partition coefficient (Wildman–Crippen LogP) is 1.99. The Morgan fingerprint density at radius 3 is 2.22 bits per heavy atom. The Balaban J connectivity index is 4.28. The fourth-order valence-electron chi connectivity index (χ4n) is 0.381. The van der Waals surface area contributed by atoms with Crippen molar-refractivity contribution in [2.75, 3.05) is 0 Å². The van der Waals surface area contributed by atoms with Gasteiger partial charge in [-0.2, -0.15) is 0 Å². The standard InChI is InChI=1S/C6H9ClO2/c1-3-5(7)4(2)6(8)9/h3H2,1-2H3,(H,8,9). The maximum absolute atomic E-state index is 10.2. The monoisotopic (exact) mass is 148 g/mol. The first-order valence-electron chi connectivity index (χ1n) is 2.68. The molecule has 0 aliphatic heterocycles. The summed E-state index contributed by atoms with van der Waals surface area (Å²) >= 11 is 5.51. The molecule has 9 heavy (non-hydrogen) atoms. The number of carboxylic acids is 1. The third-order valence-corrected chi connectivity index (χ3v) is 1.59. The molecule has 0 fully saturated rings. The van der Waals surface area contributed by atoms with Crippen molar-refractivity contribution in [2.45, 2.75) is 20.3 Å². The number of aliphatic carboxylic acids is 1. The summed E-state index contributed by atoms with van der Waals surface area (Å²) in [6.45, 7) is 3.31. The molecule has 0 radical (unpaired) electrons. The number of rotatable bonds is 2. The average molecular weight is 149 g/mol. The smallest absolute Gasteiger partial charge is 0.332 e. The van der Waals surface area contributed by atoms with Crippen LogP contribution in [0.1, 0.15) is 20.3 Å². The highest BCUT2D eigenvalue weighted by Crippen LogP contribution is 2.12. The van der Waals surface area contributed by atoms with E-state index in [1.54, 1.807) is 0 Å². The summed E-state index contributed by atoms with van der Waals surface area (Å²) in [7, 11) is 0. The minimum atomic E-state index is -0.943. The van der Waals surface area contributed by atoms with E-state index in [9.17, 15) is 4.79 Å². The molecule has 0 amide bonds. The lowest BCUT2D eigenvalue weighted by Crippen LogP contribution is -1.97. The molecule has 0 unspecified atom stereocenters. The number of carboxylic acid groups (broad SMARTS) is 1. The zero-order valence-electron chi connectivity index (χ0n) is 5.44. The molecule has 0 aromatic carbocycles. The number of carbonyl (C=O) groups is 1. The van der Waals surface area contributed by atoms with Gasteiger partial charge in [0.25, 0.3) is 0 Å². The Morgan fingerprint density at radius 1 is 1.67 bits per heavy atom. The normalized spacial score (nSPS) is 12.8. The lowest BCUT2D eigenvalue weighted by Gasteiger charge is -1.94. The van der Waals surface area contributed by atoms with Crippen LogP contribution in [-0.4, -0.2) is 11.1 Å². The molecule has 3 heteroatoms. The van der Waals surface area contributed by atoms with Crippen molar-refractivity contribution < 1.29 is 9.90 Å². The number of hydrogen-bond acceptors (Lipinski definition) is 1. The highest BCUT2D eigenvalue weighted by molar-refractivity contribution is 6.31. The molecule has 0 aliphatic rings. The largest absolute Gasteiger partial charge is 0.478 e. The van der Waals surface area contributed by atoms with Gasteiger partial charge in [0.2, 0.25) is 0 Å². The van der Waals surface area contributed by atoms with E-state index in [0.717, 1.165) is 0 Å². The third kappa shape index (κ3) is 2.51. The van der Waals surface area contributed by atoms with Crippen LogP contribution in [0, 0.1) is 0 Å². The van der Waals surface area contributed by atoms with E-state index in [4.69, 9.17) is 16.7 Å². The summed E-state index contributed by atoms with van der Waals surface area (Å²) in [5, 5.41) is 8.76. The molecule has 52 valence electrons. The van der Waals surface area contributed by atoms with Crippen molar-refractivity contribution in [3.05, 3.63) is 10.6 Å². The molecule has 0 aliphatic carbocycles. The van der Waals surface area contributed by atoms with Gasteiger partial charge in [0.1, 0.15) is 0 Å². The average Bonchev–Trinajstić information content (AvgIpc) is 1.84. The Hall–Kier alpha value is -0.500.